The van der Waals surface area contributed by atoms with Crippen molar-refractivity contribution >= 4 is 16.8 Å². The molecule has 6 rings (SSSR count). The predicted octanol–water partition coefficient (Wildman–Crippen LogP) is 3.44. The number of ether oxygens (including phenoxy) is 1. The zero-order valence-electron chi connectivity index (χ0n) is 17.9. The number of amides is 1. The summed E-state index contributed by atoms with van der Waals surface area (Å²) in [5.41, 5.74) is 0.378. The highest BCUT2D eigenvalue weighted by Crippen LogP contribution is 2.60. The Morgan fingerprint density at radius 1 is 1.20 bits per heavy atom. The van der Waals surface area contributed by atoms with Gasteiger partial charge in [-0.1, -0.05) is 12.1 Å². The molecule has 1 aromatic heterocycles. The highest BCUT2D eigenvalue weighted by molar-refractivity contribution is 5.83. The van der Waals surface area contributed by atoms with Gasteiger partial charge in [0.25, 0.3) is 5.56 Å². The van der Waals surface area contributed by atoms with E-state index in [1.165, 1.54) is 19.3 Å². The SMILES string of the molecule is COCCn1c([C@@H](C)NC(=O)C23CC4CC(CC(C4)C2)C3)nc2ccccc2c1=O. The molecule has 30 heavy (non-hydrogen) atoms. The molecule has 0 saturated heterocycles. The molecule has 2 aromatic rings. The Morgan fingerprint density at radius 3 is 2.47 bits per heavy atom. The van der Waals surface area contributed by atoms with E-state index in [1.54, 1.807) is 17.7 Å². The minimum Gasteiger partial charge on any atom is -0.383 e. The fourth-order valence-electron chi connectivity index (χ4n) is 6.72. The monoisotopic (exact) mass is 409 g/mol. The first kappa shape index (κ1) is 19.7. The average Bonchev–Trinajstić information content (AvgIpc) is 2.72. The van der Waals surface area contributed by atoms with Crippen molar-refractivity contribution in [2.24, 2.45) is 23.2 Å². The Balaban J connectivity index is 1.45. The fraction of sp³-hybridized carbons (Fsp3) is 0.625. The number of fused-ring (bicyclic) bond motifs is 1. The van der Waals surface area contributed by atoms with E-state index in [0.717, 1.165) is 37.0 Å². The number of hydrogen-bond acceptors (Lipinski definition) is 4. The molecule has 160 valence electrons. The summed E-state index contributed by atoms with van der Waals surface area (Å²) in [6.07, 6.45) is 7.01. The van der Waals surface area contributed by atoms with E-state index in [-0.39, 0.29) is 22.9 Å². The van der Waals surface area contributed by atoms with Crippen LogP contribution in [0.5, 0.6) is 0 Å². The van der Waals surface area contributed by atoms with Gasteiger partial charge in [-0.2, -0.15) is 0 Å². The summed E-state index contributed by atoms with van der Waals surface area (Å²) in [4.78, 5) is 31.4. The van der Waals surface area contributed by atoms with Crippen LogP contribution in [0.15, 0.2) is 29.1 Å². The van der Waals surface area contributed by atoms with Gasteiger partial charge in [-0.15, -0.1) is 0 Å². The number of nitrogens with zero attached hydrogens (tertiary/aromatic N) is 2. The van der Waals surface area contributed by atoms with Crippen molar-refractivity contribution < 1.29 is 9.53 Å². The summed E-state index contributed by atoms with van der Waals surface area (Å²) in [6, 6.07) is 7.06. The first-order valence-electron chi connectivity index (χ1n) is 11.3. The number of rotatable bonds is 6. The van der Waals surface area contributed by atoms with E-state index in [4.69, 9.17) is 9.72 Å². The Kier molecular flexibility index (Phi) is 4.92. The van der Waals surface area contributed by atoms with E-state index in [9.17, 15) is 9.59 Å². The van der Waals surface area contributed by atoms with Gasteiger partial charge < -0.3 is 10.1 Å². The van der Waals surface area contributed by atoms with Gasteiger partial charge in [0.15, 0.2) is 0 Å². The van der Waals surface area contributed by atoms with Gasteiger partial charge in [-0.3, -0.25) is 14.2 Å². The second-order valence-corrected chi connectivity index (χ2v) is 9.83. The molecule has 1 N–H and O–H groups in total. The van der Waals surface area contributed by atoms with E-state index in [0.29, 0.717) is 29.9 Å². The summed E-state index contributed by atoms with van der Waals surface area (Å²) in [6.45, 7) is 2.78. The maximum atomic E-state index is 13.5. The van der Waals surface area contributed by atoms with E-state index in [1.807, 2.05) is 25.1 Å². The first-order valence-corrected chi connectivity index (χ1v) is 11.3. The normalized spacial score (nSPS) is 30.5. The predicted molar refractivity (Wildman–Crippen MR) is 115 cm³/mol. The molecular formula is C24H31N3O3. The lowest BCUT2D eigenvalue weighted by molar-refractivity contribution is -0.147. The van der Waals surface area contributed by atoms with E-state index >= 15 is 0 Å². The van der Waals surface area contributed by atoms with Gasteiger partial charge in [0, 0.05) is 12.5 Å². The minimum atomic E-state index is -0.334. The van der Waals surface area contributed by atoms with Crippen LogP contribution < -0.4 is 10.9 Å². The molecule has 4 saturated carbocycles. The van der Waals surface area contributed by atoms with Gasteiger partial charge in [0.1, 0.15) is 5.82 Å². The number of aromatic nitrogens is 2. The lowest BCUT2D eigenvalue weighted by atomic mass is 9.49. The molecule has 1 aromatic carbocycles. The van der Waals surface area contributed by atoms with Gasteiger partial charge in [0.2, 0.25) is 5.91 Å². The number of para-hydroxylation sites is 1. The van der Waals surface area contributed by atoms with Crippen LogP contribution in [0, 0.1) is 23.2 Å². The summed E-state index contributed by atoms with van der Waals surface area (Å²) in [5, 5.41) is 3.85. The lowest BCUT2D eigenvalue weighted by Crippen LogP contribution is -2.54. The van der Waals surface area contributed by atoms with Gasteiger partial charge in [-0.25, -0.2) is 4.98 Å². The number of benzene rings is 1. The Hall–Kier alpha value is -2.21. The van der Waals surface area contributed by atoms with Gasteiger partial charge >= 0.3 is 0 Å². The van der Waals surface area contributed by atoms with Crippen molar-refractivity contribution in [2.45, 2.75) is 58.0 Å². The van der Waals surface area contributed by atoms with Crippen LogP contribution >= 0.6 is 0 Å². The summed E-state index contributed by atoms with van der Waals surface area (Å²) in [5.74, 6) is 2.92. The van der Waals surface area contributed by atoms with Crippen molar-refractivity contribution in [2.75, 3.05) is 13.7 Å². The smallest absolute Gasteiger partial charge is 0.261 e. The van der Waals surface area contributed by atoms with Gasteiger partial charge in [0.05, 0.1) is 30.1 Å². The third kappa shape index (κ3) is 3.25. The highest BCUT2D eigenvalue weighted by Gasteiger charge is 2.54. The van der Waals surface area contributed by atoms with Crippen molar-refractivity contribution in [1.82, 2.24) is 14.9 Å². The Bertz CT molecular complexity index is 993. The molecule has 4 aliphatic rings. The molecule has 4 fully saturated rings. The van der Waals surface area contributed by atoms with Crippen LogP contribution in [0.25, 0.3) is 10.9 Å². The molecule has 1 heterocycles. The molecule has 0 spiro atoms. The molecule has 4 bridgehead atoms. The molecule has 6 heteroatoms. The minimum absolute atomic E-state index is 0.0800. The van der Waals surface area contributed by atoms with E-state index in [2.05, 4.69) is 5.32 Å². The van der Waals surface area contributed by atoms with Gasteiger partial charge in [-0.05, 0) is 75.3 Å². The molecule has 0 radical (unpaired) electrons. The topological polar surface area (TPSA) is 73.2 Å². The molecule has 1 amide bonds. The molecule has 0 aliphatic heterocycles. The zero-order chi connectivity index (χ0) is 20.9. The zero-order valence-corrected chi connectivity index (χ0v) is 17.9. The Morgan fingerprint density at radius 2 is 1.83 bits per heavy atom. The second-order valence-electron chi connectivity index (χ2n) is 9.83. The standard InChI is InChI=1S/C24H31N3O3/c1-15(25-23(29)24-12-16-9-17(13-24)11-18(10-16)14-24)21-26-20-6-4-3-5-19(20)22(28)27(21)7-8-30-2/h3-6,15-18H,7-14H2,1-2H3,(H,25,29)/t15-,16?,17?,18?,24?/m1/s1. The Labute approximate surface area is 177 Å². The van der Waals surface area contributed by atoms with Crippen molar-refractivity contribution in [3.05, 3.63) is 40.4 Å². The van der Waals surface area contributed by atoms with Crippen LogP contribution in [0.4, 0.5) is 0 Å². The van der Waals surface area contributed by atoms with Crippen LogP contribution in [0.3, 0.4) is 0 Å². The average molecular weight is 410 g/mol. The molecule has 0 unspecified atom stereocenters. The molecule has 6 nitrogen and oxygen atoms in total. The number of nitrogens with one attached hydrogen (secondary N) is 1. The van der Waals surface area contributed by atoms with Crippen molar-refractivity contribution in [3.8, 4) is 0 Å². The number of methoxy groups -OCH3 is 1. The van der Waals surface area contributed by atoms with Crippen LogP contribution in [-0.2, 0) is 16.1 Å². The maximum absolute atomic E-state index is 13.5. The summed E-state index contributed by atoms with van der Waals surface area (Å²) in [7, 11) is 1.62. The lowest BCUT2D eigenvalue weighted by Gasteiger charge is -2.55. The molecule has 1 atom stereocenters. The summed E-state index contributed by atoms with van der Waals surface area (Å²) < 4.78 is 6.88. The summed E-state index contributed by atoms with van der Waals surface area (Å²) >= 11 is 0. The highest BCUT2D eigenvalue weighted by atomic mass is 16.5. The maximum Gasteiger partial charge on any atom is 0.261 e. The fourth-order valence-corrected chi connectivity index (χ4v) is 6.72. The molecular weight excluding hydrogens is 378 g/mol. The number of carbonyl (C=O) groups is 1. The largest absolute Gasteiger partial charge is 0.383 e. The van der Waals surface area contributed by atoms with Crippen LogP contribution in [0.2, 0.25) is 0 Å². The first-order chi connectivity index (χ1) is 14.5. The van der Waals surface area contributed by atoms with Crippen LogP contribution in [0.1, 0.15) is 57.3 Å². The van der Waals surface area contributed by atoms with Crippen LogP contribution in [-0.4, -0.2) is 29.2 Å². The number of carbonyl (C=O) groups excluding carboxylic acids is 1. The van der Waals surface area contributed by atoms with Crippen molar-refractivity contribution in [1.29, 1.82) is 0 Å². The van der Waals surface area contributed by atoms with Crippen molar-refractivity contribution in [3.63, 3.8) is 0 Å². The number of hydrogen-bond donors (Lipinski definition) is 1. The third-order valence-corrected chi connectivity index (χ3v) is 7.66. The quantitative estimate of drug-likeness (QED) is 0.793. The second kappa shape index (κ2) is 7.49. The third-order valence-electron chi connectivity index (χ3n) is 7.66. The molecule has 4 aliphatic carbocycles. The van der Waals surface area contributed by atoms with E-state index < -0.39 is 0 Å².